The molecule has 1 aliphatic carbocycles. The highest BCUT2D eigenvalue weighted by molar-refractivity contribution is 5.92. The molecule has 0 saturated heterocycles. The summed E-state index contributed by atoms with van der Waals surface area (Å²) in [6.07, 6.45) is 2.92. The van der Waals surface area contributed by atoms with Crippen molar-refractivity contribution in [1.29, 1.82) is 0 Å². The van der Waals surface area contributed by atoms with Crippen molar-refractivity contribution in [2.45, 2.75) is 31.6 Å². The van der Waals surface area contributed by atoms with Crippen LogP contribution in [0.1, 0.15) is 30.9 Å². The third-order valence-electron chi connectivity index (χ3n) is 4.49. The fourth-order valence-electron chi connectivity index (χ4n) is 2.80. The Kier molecular flexibility index (Phi) is 4.33. The molecular formula is C19H22FN3. The van der Waals surface area contributed by atoms with E-state index in [1.54, 1.807) is 6.07 Å². The van der Waals surface area contributed by atoms with E-state index in [2.05, 4.69) is 29.4 Å². The van der Waals surface area contributed by atoms with Gasteiger partial charge in [0.15, 0.2) is 5.96 Å². The summed E-state index contributed by atoms with van der Waals surface area (Å²) < 4.78 is 14.0. The maximum absolute atomic E-state index is 14.0. The molecular weight excluding hydrogens is 289 g/mol. The minimum absolute atomic E-state index is 0.151. The van der Waals surface area contributed by atoms with Gasteiger partial charge in [0, 0.05) is 11.1 Å². The van der Waals surface area contributed by atoms with Crippen LogP contribution in [0.15, 0.2) is 53.5 Å². The number of guanidine groups is 1. The highest BCUT2D eigenvalue weighted by Crippen LogP contribution is 2.49. The molecule has 3 nitrogen and oxygen atoms in total. The summed E-state index contributed by atoms with van der Waals surface area (Å²) in [7, 11) is 0. The molecule has 0 atom stereocenters. The van der Waals surface area contributed by atoms with E-state index in [1.807, 2.05) is 24.3 Å². The molecule has 0 unspecified atom stereocenters. The van der Waals surface area contributed by atoms with Gasteiger partial charge >= 0.3 is 0 Å². The number of nitrogens with one attached hydrogen (secondary N) is 1. The van der Waals surface area contributed by atoms with Crippen LogP contribution in [0, 0.1) is 5.82 Å². The van der Waals surface area contributed by atoms with E-state index in [1.165, 1.54) is 11.6 Å². The molecule has 23 heavy (non-hydrogen) atoms. The highest BCUT2D eigenvalue weighted by atomic mass is 19.1. The van der Waals surface area contributed by atoms with Gasteiger partial charge in [-0.05, 0) is 48.6 Å². The number of benzene rings is 2. The number of aryl methyl sites for hydroxylation is 1. The Bertz CT molecular complexity index is 703. The van der Waals surface area contributed by atoms with Crippen LogP contribution in [0.2, 0.25) is 0 Å². The Morgan fingerprint density at radius 2 is 1.87 bits per heavy atom. The van der Waals surface area contributed by atoms with Gasteiger partial charge in [0.2, 0.25) is 0 Å². The summed E-state index contributed by atoms with van der Waals surface area (Å²) in [4.78, 5) is 4.43. The van der Waals surface area contributed by atoms with Gasteiger partial charge in [0.05, 0.1) is 6.54 Å². The quantitative estimate of drug-likeness (QED) is 0.651. The molecule has 0 radical (unpaired) electrons. The molecule has 1 aliphatic rings. The summed E-state index contributed by atoms with van der Waals surface area (Å²) in [5, 5.41) is 3.09. The smallest absolute Gasteiger partial charge is 0.193 e. The first-order chi connectivity index (χ1) is 11.1. The Hall–Kier alpha value is -2.36. The second-order valence-electron chi connectivity index (χ2n) is 6.14. The van der Waals surface area contributed by atoms with Crippen LogP contribution in [-0.2, 0) is 11.8 Å². The lowest BCUT2D eigenvalue weighted by atomic mass is 9.95. The van der Waals surface area contributed by atoms with Gasteiger partial charge in [0.25, 0.3) is 0 Å². The lowest BCUT2D eigenvalue weighted by molar-refractivity contribution is 0.573. The monoisotopic (exact) mass is 311 g/mol. The second-order valence-corrected chi connectivity index (χ2v) is 6.14. The van der Waals surface area contributed by atoms with Gasteiger partial charge in [-0.25, -0.2) is 4.39 Å². The van der Waals surface area contributed by atoms with Crippen molar-refractivity contribution in [3.63, 3.8) is 0 Å². The number of aliphatic imine (C=N–C) groups is 1. The van der Waals surface area contributed by atoms with Crippen molar-refractivity contribution >= 4 is 11.6 Å². The first kappa shape index (κ1) is 15.5. The lowest BCUT2D eigenvalue weighted by Crippen LogP contribution is -2.25. The van der Waals surface area contributed by atoms with E-state index < -0.39 is 0 Å². The minimum Gasteiger partial charge on any atom is -0.370 e. The molecule has 0 spiro atoms. The number of hydrogen-bond acceptors (Lipinski definition) is 1. The molecule has 0 aliphatic heterocycles. The largest absolute Gasteiger partial charge is 0.370 e. The van der Waals surface area contributed by atoms with Gasteiger partial charge in [-0.15, -0.1) is 0 Å². The highest BCUT2D eigenvalue weighted by Gasteiger charge is 2.45. The summed E-state index contributed by atoms with van der Waals surface area (Å²) in [6.45, 7) is 2.63. The minimum atomic E-state index is -0.177. The maximum Gasteiger partial charge on any atom is 0.193 e. The Balaban J connectivity index is 1.66. The number of anilines is 1. The van der Waals surface area contributed by atoms with E-state index in [0.717, 1.165) is 30.5 Å². The molecule has 1 saturated carbocycles. The van der Waals surface area contributed by atoms with Crippen LogP contribution in [0.5, 0.6) is 0 Å². The summed E-state index contributed by atoms with van der Waals surface area (Å²) >= 11 is 0. The van der Waals surface area contributed by atoms with Gasteiger partial charge in [-0.3, -0.25) is 4.99 Å². The predicted molar refractivity (Wildman–Crippen MR) is 93.2 cm³/mol. The Labute approximate surface area is 136 Å². The zero-order chi connectivity index (χ0) is 16.3. The molecule has 0 aromatic heterocycles. The van der Waals surface area contributed by atoms with Gasteiger partial charge in [0.1, 0.15) is 5.82 Å². The molecule has 3 N–H and O–H groups in total. The first-order valence-electron chi connectivity index (χ1n) is 8.04. The molecule has 3 rings (SSSR count). The normalized spacial score (nSPS) is 16.2. The van der Waals surface area contributed by atoms with Crippen molar-refractivity contribution in [1.82, 2.24) is 0 Å². The van der Waals surface area contributed by atoms with Crippen molar-refractivity contribution in [2.24, 2.45) is 10.7 Å². The standard InChI is InChI=1S/C19H22FN3/c1-2-14-7-9-15(10-8-14)23-18(21)22-13-19(11-12-19)16-5-3-4-6-17(16)20/h3-10H,2,11-13H2,1H3,(H3,21,22,23). The van der Waals surface area contributed by atoms with E-state index >= 15 is 0 Å². The van der Waals surface area contributed by atoms with E-state index in [9.17, 15) is 4.39 Å². The molecule has 0 heterocycles. The molecule has 0 bridgehead atoms. The third-order valence-corrected chi connectivity index (χ3v) is 4.49. The molecule has 0 amide bonds. The summed E-state index contributed by atoms with van der Waals surface area (Å²) in [5.74, 6) is 0.221. The SMILES string of the molecule is CCc1ccc(NC(N)=NCC2(c3ccccc3F)CC2)cc1. The second kappa shape index (κ2) is 6.41. The van der Waals surface area contributed by atoms with Crippen LogP contribution in [0.3, 0.4) is 0 Å². The number of nitrogens with zero attached hydrogens (tertiary/aromatic N) is 1. The number of halogens is 1. The topological polar surface area (TPSA) is 50.4 Å². The van der Waals surface area contributed by atoms with Gasteiger partial charge in [-0.1, -0.05) is 37.3 Å². The van der Waals surface area contributed by atoms with Gasteiger partial charge in [-0.2, -0.15) is 0 Å². The Morgan fingerprint density at radius 1 is 1.17 bits per heavy atom. The number of nitrogens with two attached hydrogens (primary N) is 1. The van der Waals surface area contributed by atoms with Crippen LogP contribution in [-0.4, -0.2) is 12.5 Å². The number of hydrogen-bond donors (Lipinski definition) is 2. The maximum atomic E-state index is 14.0. The summed E-state index contributed by atoms with van der Waals surface area (Å²) in [5.41, 5.74) is 8.75. The van der Waals surface area contributed by atoms with Crippen LogP contribution >= 0.6 is 0 Å². The predicted octanol–water partition coefficient (Wildman–Crippen LogP) is 3.85. The van der Waals surface area contributed by atoms with Crippen molar-refractivity contribution < 1.29 is 4.39 Å². The first-order valence-corrected chi connectivity index (χ1v) is 8.04. The van der Waals surface area contributed by atoms with Crippen LogP contribution in [0.25, 0.3) is 0 Å². The van der Waals surface area contributed by atoms with Crippen molar-refractivity contribution in [3.8, 4) is 0 Å². The van der Waals surface area contributed by atoms with E-state index in [4.69, 9.17) is 5.73 Å². The lowest BCUT2D eigenvalue weighted by Gasteiger charge is -2.14. The molecule has 2 aromatic rings. The fraction of sp³-hybridized carbons (Fsp3) is 0.316. The zero-order valence-electron chi connectivity index (χ0n) is 13.3. The fourth-order valence-corrected chi connectivity index (χ4v) is 2.80. The molecule has 120 valence electrons. The average molecular weight is 311 g/mol. The van der Waals surface area contributed by atoms with Crippen LogP contribution in [0.4, 0.5) is 10.1 Å². The van der Waals surface area contributed by atoms with Crippen molar-refractivity contribution in [2.75, 3.05) is 11.9 Å². The van der Waals surface area contributed by atoms with Crippen molar-refractivity contribution in [3.05, 3.63) is 65.5 Å². The zero-order valence-corrected chi connectivity index (χ0v) is 13.3. The van der Waals surface area contributed by atoms with E-state index in [-0.39, 0.29) is 11.2 Å². The van der Waals surface area contributed by atoms with Crippen LogP contribution < -0.4 is 11.1 Å². The molecule has 2 aromatic carbocycles. The Morgan fingerprint density at radius 3 is 2.48 bits per heavy atom. The van der Waals surface area contributed by atoms with E-state index in [0.29, 0.717) is 12.5 Å². The summed E-state index contributed by atoms with van der Waals surface area (Å²) in [6, 6.07) is 15.1. The van der Waals surface area contributed by atoms with Gasteiger partial charge < -0.3 is 11.1 Å². The average Bonchev–Trinajstić information content (AvgIpc) is 3.35. The molecule has 1 fully saturated rings. The number of rotatable bonds is 5. The molecule has 4 heteroatoms. The third kappa shape index (κ3) is 3.52.